The molecule has 1 aliphatic heterocycles. The molecule has 0 spiro atoms. The molecule has 126 valence electrons. The summed E-state index contributed by atoms with van der Waals surface area (Å²) in [5.41, 5.74) is 1.07. The minimum absolute atomic E-state index is 0.118. The van der Waals surface area contributed by atoms with Gasteiger partial charge in [0.25, 0.3) is 5.91 Å². The summed E-state index contributed by atoms with van der Waals surface area (Å²) in [4.78, 5) is 16.9. The van der Waals surface area contributed by atoms with Crippen molar-refractivity contribution in [2.24, 2.45) is 0 Å². The summed E-state index contributed by atoms with van der Waals surface area (Å²) < 4.78 is 11.5. The Kier molecular flexibility index (Phi) is 5.59. The molecule has 1 atom stereocenters. The van der Waals surface area contributed by atoms with Crippen molar-refractivity contribution in [3.05, 3.63) is 48.2 Å². The number of benzene rings is 1. The summed E-state index contributed by atoms with van der Waals surface area (Å²) >= 11 is 1.86. The van der Waals surface area contributed by atoms with Gasteiger partial charge in [-0.1, -0.05) is 12.1 Å². The maximum absolute atomic E-state index is 12.7. The van der Waals surface area contributed by atoms with Crippen molar-refractivity contribution in [2.45, 2.75) is 19.4 Å². The van der Waals surface area contributed by atoms with Crippen LogP contribution < -0.4 is 14.8 Å². The Morgan fingerprint density at radius 1 is 1.33 bits per heavy atom. The lowest BCUT2D eigenvalue weighted by Crippen LogP contribution is -2.20. The second kappa shape index (κ2) is 8.06. The zero-order valence-electron chi connectivity index (χ0n) is 13.5. The molecule has 2 heterocycles. The predicted octanol–water partition coefficient (Wildman–Crippen LogP) is 3.62. The van der Waals surface area contributed by atoms with E-state index in [0.717, 1.165) is 17.9 Å². The van der Waals surface area contributed by atoms with E-state index in [-0.39, 0.29) is 12.0 Å². The molecule has 5 nitrogen and oxygen atoms in total. The maximum atomic E-state index is 12.7. The van der Waals surface area contributed by atoms with Crippen molar-refractivity contribution in [2.75, 3.05) is 23.4 Å². The van der Waals surface area contributed by atoms with Gasteiger partial charge in [-0.25, -0.2) is 4.98 Å². The highest BCUT2D eigenvalue weighted by atomic mass is 32.2. The van der Waals surface area contributed by atoms with Crippen LogP contribution in [0.15, 0.2) is 42.6 Å². The van der Waals surface area contributed by atoms with E-state index in [0.29, 0.717) is 29.5 Å². The van der Waals surface area contributed by atoms with Crippen LogP contribution in [-0.4, -0.2) is 35.1 Å². The second-order valence-electron chi connectivity index (χ2n) is 5.34. The molecule has 24 heavy (non-hydrogen) atoms. The molecule has 0 saturated carbocycles. The van der Waals surface area contributed by atoms with Crippen LogP contribution in [-0.2, 0) is 0 Å². The number of pyridine rings is 1. The quantitative estimate of drug-likeness (QED) is 0.867. The molecular formula is C18H20N2O3S. The number of hydrogen-bond donors (Lipinski definition) is 1. The fourth-order valence-corrected chi connectivity index (χ4v) is 3.56. The highest BCUT2D eigenvalue weighted by molar-refractivity contribution is 7.99. The molecular weight excluding hydrogens is 324 g/mol. The first kappa shape index (κ1) is 16.6. The molecule has 1 unspecified atom stereocenters. The fraction of sp³-hybridized carbons (Fsp3) is 0.333. The first-order valence-electron chi connectivity index (χ1n) is 8.00. The largest absolute Gasteiger partial charge is 0.492 e. The van der Waals surface area contributed by atoms with E-state index in [4.69, 9.17) is 9.47 Å². The van der Waals surface area contributed by atoms with Gasteiger partial charge in [0, 0.05) is 11.9 Å². The molecule has 1 fully saturated rings. The Morgan fingerprint density at radius 3 is 3.00 bits per heavy atom. The van der Waals surface area contributed by atoms with Gasteiger partial charge < -0.3 is 14.8 Å². The van der Waals surface area contributed by atoms with Gasteiger partial charge >= 0.3 is 0 Å². The summed E-state index contributed by atoms with van der Waals surface area (Å²) in [6.07, 6.45) is 2.74. The Hall–Kier alpha value is -2.21. The molecule has 0 aliphatic carbocycles. The lowest BCUT2D eigenvalue weighted by Gasteiger charge is -2.15. The summed E-state index contributed by atoms with van der Waals surface area (Å²) in [6.45, 7) is 2.44. The minimum atomic E-state index is -0.254. The van der Waals surface area contributed by atoms with E-state index in [9.17, 15) is 4.79 Å². The van der Waals surface area contributed by atoms with Gasteiger partial charge in [-0.2, -0.15) is 11.8 Å². The normalized spacial score (nSPS) is 16.6. The van der Waals surface area contributed by atoms with Crippen molar-refractivity contribution >= 4 is 23.4 Å². The average Bonchev–Trinajstić information content (AvgIpc) is 3.10. The van der Waals surface area contributed by atoms with Crippen molar-refractivity contribution in [1.82, 2.24) is 4.98 Å². The number of hydrogen-bond acceptors (Lipinski definition) is 5. The number of anilines is 1. The van der Waals surface area contributed by atoms with Gasteiger partial charge in [0.15, 0.2) is 0 Å². The van der Waals surface area contributed by atoms with Crippen LogP contribution in [0.1, 0.15) is 23.7 Å². The fourth-order valence-electron chi connectivity index (χ4n) is 2.46. The van der Waals surface area contributed by atoms with E-state index in [2.05, 4.69) is 10.3 Å². The van der Waals surface area contributed by atoms with Crippen LogP contribution in [0.4, 0.5) is 5.69 Å². The Balaban J connectivity index is 1.78. The van der Waals surface area contributed by atoms with Crippen LogP contribution >= 0.6 is 11.8 Å². The van der Waals surface area contributed by atoms with Crippen molar-refractivity contribution < 1.29 is 14.3 Å². The van der Waals surface area contributed by atoms with E-state index in [1.807, 2.05) is 43.0 Å². The van der Waals surface area contributed by atoms with Crippen LogP contribution in [0.5, 0.6) is 11.6 Å². The topological polar surface area (TPSA) is 60.5 Å². The Morgan fingerprint density at radius 2 is 2.21 bits per heavy atom. The van der Waals surface area contributed by atoms with Gasteiger partial charge in [0.2, 0.25) is 5.88 Å². The van der Waals surface area contributed by atoms with Crippen LogP contribution in [0.3, 0.4) is 0 Å². The first-order valence-corrected chi connectivity index (χ1v) is 9.16. The molecule has 1 saturated heterocycles. The number of nitrogens with zero attached hydrogens (tertiary/aromatic N) is 1. The molecule has 1 N–H and O–H groups in total. The van der Waals surface area contributed by atoms with Gasteiger partial charge in [0.05, 0.1) is 12.3 Å². The van der Waals surface area contributed by atoms with Crippen LogP contribution in [0.2, 0.25) is 0 Å². The summed E-state index contributed by atoms with van der Waals surface area (Å²) in [7, 11) is 0. The highest BCUT2D eigenvalue weighted by Gasteiger charge is 2.21. The summed E-state index contributed by atoms with van der Waals surface area (Å²) in [5.74, 6) is 2.80. The lowest BCUT2D eigenvalue weighted by atomic mass is 10.2. The minimum Gasteiger partial charge on any atom is -0.492 e. The SMILES string of the molecule is CCOc1ccccc1NC(=O)c1cccnc1OC1CCSC1. The number of rotatable bonds is 6. The number of aromatic nitrogens is 1. The molecule has 0 bridgehead atoms. The highest BCUT2D eigenvalue weighted by Crippen LogP contribution is 2.27. The molecule has 2 aromatic rings. The number of carbonyl (C=O) groups excluding carboxylic acids is 1. The third-order valence-corrected chi connectivity index (χ3v) is 4.75. The zero-order valence-corrected chi connectivity index (χ0v) is 14.3. The second-order valence-corrected chi connectivity index (χ2v) is 6.49. The molecule has 1 aromatic carbocycles. The van der Waals surface area contributed by atoms with Gasteiger partial charge in [-0.3, -0.25) is 4.79 Å². The Labute approximate surface area is 145 Å². The number of nitrogens with one attached hydrogen (secondary N) is 1. The zero-order chi connectivity index (χ0) is 16.8. The van der Waals surface area contributed by atoms with Crippen LogP contribution in [0, 0.1) is 0 Å². The number of para-hydroxylation sites is 2. The number of amides is 1. The van der Waals surface area contributed by atoms with Crippen molar-refractivity contribution in [3.8, 4) is 11.6 Å². The number of thioether (sulfide) groups is 1. The first-order chi connectivity index (χ1) is 11.8. The van der Waals surface area contributed by atoms with Gasteiger partial charge in [-0.15, -0.1) is 0 Å². The summed E-state index contributed by atoms with van der Waals surface area (Å²) in [5, 5.41) is 2.89. The van der Waals surface area contributed by atoms with Crippen molar-refractivity contribution in [3.63, 3.8) is 0 Å². The van der Waals surface area contributed by atoms with E-state index in [1.54, 1.807) is 18.3 Å². The standard InChI is InChI=1S/C18H20N2O3S/c1-2-22-16-8-4-3-7-15(16)20-17(21)14-6-5-10-19-18(14)23-13-9-11-24-12-13/h3-8,10,13H,2,9,11-12H2,1H3,(H,20,21). The van der Waals surface area contributed by atoms with Gasteiger partial charge in [-0.05, 0) is 43.4 Å². The van der Waals surface area contributed by atoms with Crippen molar-refractivity contribution in [1.29, 1.82) is 0 Å². The molecule has 3 rings (SSSR count). The third-order valence-electron chi connectivity index (χ3n) is 3.62. The predicted molar refractivity (Wildman–Crippen MR) is 96.2 cm³/mol. The van der Waals surface area contributed by atoms with E-state index in [1.165, 1.54) is 0 Å². The van der Waals surface area contributed by atoms with Crippen LogP contribution in [0.25, 0.3) is 0 Å². The number of ether oxygens (including phenoxy) is 2. The van der Waals surface area contributed by atoms with E-state index < -0.39 is 0 Å². The lowest BCUT2D eigenvalue weighted by molar-refractivity contribution is 0.101. The Bertz CT molecular complexity index is 702. The monoisotopic (exact) mass is 344 g/mol. The molecule has 1 aliphatic rings. The number of carbonyl (C=O) groups is 1. The summed E-state index contributed by atoms with van der Waals surface area (Å²) in [6, 6.07) is 10.8. The average molecular weight is 344 g/mol. The molecule has 1 amide bonds. The molecule has 6 heteroatoms. The maximum Gasteiger partial charge on any atom is 0.261 e. The molecule has 1 aromatic heterocycles. The third kappa shape index (κ3) is 4.00. The smallest absolute Gasteiger partial charge is 0.261 e. The van der Waals surface area contributed by atoms with Gasteiger partial charge in [0.1, 0.15) is 17.4 Å². The van der Waals surface area contributed by atoms with E-state index >= 15 is 0 Å². The molecule has 0 radical (unpaired) electrons.